The largest absolute Gasteiger partial charge is 0.465 e. The van der Waals surface area contributed by atoms with Crippen molar-refractivity contribution in [2.45, 2.75) is 37.9 Å². The summed E-state index contributed by atoms with van der Waals surface area (Å²) >= 11 is 0. The number of alkyl halides is 2. The molecule has 3 rings (SSSR count). The number of aryl methyl sites for hydroxylation is 1. The molecule has 2 fully saturated rings. The van der Waals surface area contributed by atoms with Gasteiger partial charge in [-0.1, -0.05) is 0 Å². The summed E-state index contributed by atoms with van der Waals surface area (Å²) in [5.74, 6) is 0. The fourth-order valence-electron chi connectivity index (χ4n) is 3.63. The maximum Gasteiger partial charge on any atom is 0.407 e. The number of H-pyrrole nitrogens is 1. The molecule has 0 saturated carbocycles. The van der Waals surface area contributed by atoms with Gasteiger partial charge in [0.1, 0.15) is 6.10 Å². The molecular formula is C15H22F2N4O3. The minimum Gasteiger partial charge on any atom is -0.465 e. The fourth-order valence-corrected chi connectivity index (χ4v) is 3.63. The van der Waals surface area contributed by atoms with E-state index >= 15 is 0 Å². The monoisotopic (exact) mass is 344 g/mol. The zero-order valence-electron chi connectivity index (χ0n) is 13.5. The Kier molecular flexibility index (Phi) is 4.73. The van der Waals surface area contributed by atoms with Gasteiger partial charge in [0.2, 0.25) is 0 Å². The van der Waals surface area contributed by atoms with Gasteiger partial charge in [0, 0.05) is 26.2 Å². The third kappa shape index (κ3) is 3.51. The average Bonchev–Trinajstić information content (AvgIpc) is 2.92. The molecule has 24 heavy (non-hydrogen) atoms. The highest BCUT2D eigenvalue weighted by Gasteiger charge is 2.45. The molecule has 3 heterocycles. The van der Waals surface area contributed by atoms with Gasteiger partial charge in [-0.15, -0.1) is 0 Å². The Morgan fingerprint density at radius 2 is 2.25 bits per heavy atom. The summed E-state index contributed by atoms with van der Waals surface area (Å²) in [6.45, 7) is 3.07. The number of carbonyl (C=O) groups is 1. The number of piperidine rings is 1. The van der Waals surface area contributed by atoms with Crippen molar-refractivity contribution in [3.05, 3.63) is 17.5 Å². The van der Waals surface area contributed by atoms with Crippen LogP contribution in [0.5, 0.6) is 0 Å². The van der Waals surface area contributed by atoms with Gasteiger partial charge in [-0.25, -0.2) is 13.6 Å². The Balaban J connectivity index is 1.78. The molecule has 2 N–H and O–H groups in total. The van der Waals surface area contributed by atoms with Crippen molar-refractivity contribution in [2.75, 3.05) is 32.7 Å². The second-order valence-corrected chi connectivity index (χ2v) is 6.61. The summed E-state index contributed by atoms with van der Waals surface area (Å²) in [4.78, 5) is 14.2. The zero-order valence-corrected chi connectivity index (χ0v) is 13.5. The lowest BCUT2D eigenvalue weighted by molar-refractivity contribution is -0.181. The number of amides is 1. The minimum atomic E-state index is -2.41. The predicted molar refractivity (Wildman–Crippen MR) is 81.2 cm³/mol. The van der Waals surface area contributed by atoms with Crippen LogP contribution in [0.1, 0.15) is 30.2 Å². The molecule has 7 nitrogen and oxygen atoms in total. The topological polar surface area (TPSA) is 81.7 Å². The van der Waals surface area contributed by atoms with Crippen LogP contribution in [0, 0.1) is 6.92 Å². The van der Waals surface area contributed by atoms with E-state index in [1.165, 1.54) is 4.90 Å². The minimum absolute atomic E-state index is 0.308. The quantitative estimate of drug-likeness (QED) is 0.875. The SMILES string of the molecule is Cc1cn[nH]c1C1CN(CC(F)F)CC2(CCN(C(=O)O)CC2)O1. The van der Waals surface area contributed by atoms with Crippen molar-refractivity contribution >= 4 is 6.09 Å². The summed E-state index contributed by atoms with van der Waals surface area (Å²) in [5, 5.41) is 16.0. The lowest BCUT2D eigenvalue weighted by Gasteiger charge is -2.49. The second-order valence-electron chi connectivity index (χ2n) is 6.61. The summed E-state index contributed by atoms with van der Waals surface area (Å²) in [6.07, 6.45) is -1.04. The standard InChI is InChI=1S/C15H22F2N4O3/c1-10-6-18-19-13(10)11-7-20(8-12(16)17)9-15(24-11)2-4-21(5-3-15)14(22)23/h6,11-12H,2-5,7-9H2,1H3,(H,18,19)(H,22,23). The van der Waals surface area contributed by atoms with Crippen LogP contribution >= 0.6 is 0 Å². The lowest BCUT2D eigenvalue weighted by Crippen LogP contribution is -2.58. The lowest BCUT2D eigenvalue weighted by atomic mass is 9.88. The van der Waals surface area contributed by atoms with E-state index in [1.54, 1.807) is 11.1 Å². The van der Waals surface area contributed by atoms with Gasteiger partial charge in [-0.3, -0.25) is 10.00 Å². The van der Waals surface area contributed by atoms with Crippen LogP contribution in [-0.4, -0.2) is 75.9 Å². The molecule has 1 spiro atoms. The Labute approximate surface area is 138 Å². The van der Waals surface area contributed by atoms with Gasteiger partial charge in [-0.2, -0.15) is 5.10 Å². The Morgan fingerprint density at radius 3 is 2.79 bits per heavy atom. The Bertz CT molecular complexity index is 587. The van der Waals surface area contributed by atoms with E-state index in [-0.39, 0.29) is 12.6 Å². The van der Waals surface area contributed by atoms with Crippen molar-refractivity contribution in [2.24, 2.45) is 0 Å². The van der Waals surface area contributed by atoms with Crippen LogP contribution < -0.4 is 0 Å². The summed E-state index contributed by atoms with van der Waals surface area (Å²) in [5.41, 5.74) is 1.13. The number of aromatic nitrogens is 2. The third-order valence-corrected chi connectivity index (χ3v) is 4.86. The number of carboxylic acid groups (broad SMARTS) is 1. The summed E-state index contributed by atoms with van der Waals surface area (Å²) in [7, 11) is 0. The molecule has 9 heteroatoms. The van der Waals surface area contributed by atoms with Gasteiger partial charge in [0.05, 0.1) is 24.0 Å². The number of nitrogens with zero attached hydrogens (tertiary/aromatic N) is 3. The molecule has 0 aromatic carbocycles. The number of morpholine rings is 1. The molecule has 1 unspecified atom stereocenters. The highest BCUT2D eigenvalue weighted by molar-refractivity contribution is 5.65. The zero-order chi connectivity index (χ0) is 17.3. The van der Waals surface area contributed by atoms with Crippen LogP contribution in [0.25, 0.3) is 0 Å². The fraction of sp³-hybridized carbons (Fsp3) is 0.733. The Morgan fingerprint density at radius 1 is 1.54 bits per heavy atom. The van der Waals surface area contributed by atoms with E-state index in [1.807, 2.05) is 6.92 Å². The Hall–Kier alpha value is -1.74. The van der Waals surface area contributed by atoms with Gasteiger partial charge in [0.25, 0.3) is 6.43 Å². The molecule has 2 aliphatic heterocycles. The van der Waals surface area contributed by atoms with E-state index in [0.29, 0.717) is 39.0 Å². The number of hydrogen-bond acceptors (Lipinski definition) is 4. The van der Waals surface area contributed by atoms with Crippen molar-refractivity contribution in [1.29, 1.82) is 0 Å². The van der Waals surface area contributed by atoms with Crippen LogP contribution in [0.2, 0.25) is 0 Å². The van der Waals surface area contributed by atoms with Crippen molar-refractivity contribution < 1.29 is 23.4 Å². The first kappa shape index (κ1) is 17.1. The van der Waals surface area contributed by atoms with Crippen LogP contribution in [-0.2, 0) is 4.74 Å². The number of nitrogens with one attached hydrogen (secondary N) is 1. The number of likely N-dealkylation sites (tertiary alicyclic amines) is 1. The van der Waals surface area contributed by atoms with Crippen LogP contribution in [0.3, 0.4) is 0 Å². The predicted octanol–water partition coefficient (Wildman–Crippen LogP) is 1.87. The van der Waals surface area contributed by atoms with Gasteiger partial charge in [-0.05, 0) is 25.3 Å². The molecule has 134 valence electrons. The van der Waals surface area contributed by atoms with E-state index in [2.05, 4.69) is 10.2 Å². The molecule has 2 saturated heterocycles. The average molecular weight is 344 g/mol. The number of rotatable bonds is 3. The normalized spacial score (nSPS) is 24.7. The smallest absolute Gasteiger partial charge is 0.407 e. The second kappa shape index (κ2) is 6.64. The third-order valence-electron chi connectivity index (χ3n) is 4.86. The molecule has 1 aromatic rings. The molecule has 1 amide bonds. The van der Waals surface area contributed by atoms with Crippen LogP contribution in [0.4, 0.5) is 13.6 Å². The molecule has 0 radical (unpaired) electrons. The highest BCUT2D eigenvalue weighted by atomic mass is 19.3. The first-order valence-corrected chi connectivity index (χ1v) is 8.05. The molecule has 1 atom stereocenters. The van der Waals surface area contributed by atoms with Gasteiger partial charge >= 0.3 is 6.09 Å². The van der Waals surface area contributed by atoms with Crippen molar-refractivity contribution in [1.82, 2.24) is 20.0 Å². The first-order valence-electron chi connectivity index (χ1n) is 8.05. The van der Waals surface area contributed by atoms with Crippen molar-refractivity contribution in [3.63, 3.8) is 0 Å². The van der Waals surface area contributed by atoms with E-state index < -0.39 is 18.1 Å². The van der Waals surface area contributed by atoms with Crippen molar-refractivity contribution in [3.8, 4) is 0 Å². The van der Waals surface area contributed by atoms with Gasteiger partial charge in [0.15, 0.2) is 0 Å². The number of ether oxygens (including phenoxy) is 1. The highest BCUT2D eigenvalue weighted by Crippen LogP contribution is 2.38. The molecule has 1 aromatic heterocycles. The maximum atomic E-state index is 12.9. The first-order chi connectivity index (χ1) is 11.4. The van der Waals surface area contributed by atoms with E-state index in [9.17, 15) is 13.6 Å². The van der Waals surface area contributed by atoms with Crippen LogP contribution in [0.15, 0.2) is 6.20 Å². The molecule has 0 bridgehead atoms. The number of halogens is 2. The molecule has 0 aliphatic carbocycles. The summed E-state index contributed by atoms with van der Waals surface area (Å²) < 4.78 is 32.1. The van der Waals surface area contributed by atoms with Gasteiger partial charge < -0.3 is 14.7 Å². The molecular weight excluding hydrogens is 322 g/mol. The number of hydrogen-bond donors (Lipinski definition) is 2. The van der Waals surface area contributed by atoms with E-state index in [4.69, 9.17) is 9.84 Å². The molecule has 2 aliphatic rings. The maximum absolute atomic E-state index is 12.9. The number of aromatic amines is 1. The van der Waals surface area contributed by atoms with E-state index in [0.717, 1.165) is 11.3 Å². The summed E-state index contributed by atoms with van der Waals surface area (Å²) in [6, 6.07) is 0.